The van der Waals surface area contributed by atoms with E-state index in [-0.39, 0.29) is 42.2 Å². The second-order valence-electron chi connectivity index (χ2n) is 20.2. The number of urea groups is 1. The highest BCUT2D eigenvalue weighted by atomic mass is 16.2. The van der Waals surface area contributed by atoms with Gasteiger partial charge < -0.3 is 31.1 Å². The van der Waals surface area contributed by atoms with Crippen LogP contribution in [0.25, 0.3) is 0 Å². The van der Waals surface area contributed by atoms with Gasteiger partial charge in [0.25, 0.3) is 5.91 Å². The zero-order chi connectivity index (χ0) is 41.7. The number of hydrogen-bond acceptors (Lipinski definition) is 8. The molecule has 5 amide bonds. The lowest BCUT2D eigenvalue weighted by atomic mass is 9.70. The molecule has 1 saturated heterocycles. The molecule has 0 aromatic heterocycles. The number of carbonyl (C=O) groups excluding carboxylic acids is 5. The monoisotopic (exact) mass is 778 g/mol. The molecule has 13 nitrogen and oxygen atoms in total. The molecule has 1 aromatic rings. The van der Waals surface area contributed by atoms with Crippen LogP contribution in [0.15, 0.2) is 22.2 Å². The molecule has 310 valence electrons. The van der Waals surface area contributed by atoms with Gasteiger partial charge in [0.2, 0.25) is 28.5 Å². The van der Waals surface area contributed by atoms with Crippen LogP contribution < -0.4 is 37.0 Å². The molecule has 4 fully saturated rings. The minimum absolute atomic E-state index is 0.0681. The average Bonchev–Trinajstić information content (AvgIpc) is 3.96. The summed E-state index contributed by atoms with van der Waals surface area (Å²) in [5.74, 6) is -2.10. The summed E-state index contributed by atoms with van der Waals surface area (Å²) in [5.41, 5.74) is -1.95. The number of piperidine rings is 1. The van der Waals surface area contributed by atoms with E-state index in [0.717, 1.165) is 44.9 Å². The number of carbonyl (C=O) groups is 5. The number of anilines is 1. The predicted molar refractivity (Wildman–Crippen MR) is 217 cm³/mol. The molecule has 1 aliphatic heterocycles. The maximum atomic E-state index is 15.0. The Morgan fingerprint density at radius 3 is 2.11 bits per heavy atom. The van der Waals surface area contributed by atoms with Crippen LogP contribution in [0.3, 0.4) is 0 Å². The normalized spacial score (nSPS) is 24.2. The smallest absolute Gasteiger partial charge is 0.315 e. The van der Waals surface area contributed by atoms with Crippen molar-refractivity contribution in [3.63, 3.8) is 0 Å². The molecule has 1 aromatic carbocycles. The topological polar surface area (TPSA) is 174 Å². The van der Waals surface area contributed by atoms with Crippen LogP contribution in [-0.4, -0.2) is 85.3 Å². The van der Waals surface area contributed by atoms with Crippen molar-refractivity contribution >= 4 is 35.2 Å². The summed E-state index contributed by atoms with van der Waals surface area (Å²) in [6, 6.07) is -3.83. The molecule has 2 unspecified atom stereocenters. The number of nitrogens with one attached hydrogen (secondary N) is 4. The third-order valence-corrected chi connectivity index (χ3v) is 13.3. The number of ketones is 1. The van der Waals surface area contributed by atoms with E-state index in [2.05, 4.69) is 41.7 Å². The Balaban J connectivity index is 1.38. The van der Waals surface area contributed by atoms with Crippen LogP contribution in [0.4, 0.5) is 10.5 Å². The van der Waals surface area contributed by atoms with E-state index in [1.807, 2.05) is 48.5 Å². The molecule has 56 heavy (non-hydrogen) atoms. The SMILES string of the molecule is C=CCNC(=O)C(=O)C(CC1CC1)NC(=O)[C@@H]1[C@@H]2C(CN1C(=O)[C@@H](NC(=O)N[C@H](CN(C)c1c(C(C)(C)C)c(=O)c1=O)C(C)(C)C)C1(C)CCCCC1)C2(C)C. The highest BCUT2D eigenvalue weighted by molar-refractivity contribution is 6.38. The number of amides is 5. The fraction of sp³-hybridized carbons (Fsp3) is 0.744. The van der Waals surface area contributed by atoms with Gasteiger partial charge in [0, 0.05) is 32.2 Å². The number of fused-ring (bicyclic) bond motifs is 1. The molecule has 13 heteroatoms. The van der Waals surface area contributed by atoms with Crippen molar-refractivity contribution in [2.24, 2.45) is 34.0 Å². The number of nitrogens with zero attached hydrogens (tertiary/aromatic N) is 2. The minimum Gasteiger partial charge on any atom is -0.369 e. The third-order valence-electron chi connectivity index (χ3n) is 13.3. The van der Waals surface area contributed by atoms with Gasteiger partial charge >= 0.3 is 6.03 Å². The second-order valence-corrected chi connectivity index (χ2v) is 20.2. The standard InChI is InChI=1S/C43H66N6O7/c1-12-20-44-37(54)32(50)26(21-24-16-17-24)45-36(53)31-28-25(42(28,8)9)22-49(31)38(55)35(43(10)18-14-13-15-19-43)47-39(56)46-27(40(2,3)4)23-48(11)30-29(41(5,6)7)33(51)34(30)52/h12,24-28,31,35H,1,13-23H2,2-11H3,(H,44,54)(H,45,53)(H2,46,47,56)/t25?,26?,27-,28+,31+,35-/m1/s1. The van der Waals surface area contributed by atoms with Gasteiger partial charge in [-0.3, -0.25) is 28.8 Å². The van der Waals surface area contributed by atoms with Crippen LogP contribution in [0.5, 0.6) is 0 Å². The third kappa shape index (κ3) is 8.76. The van der Waals surface area contributed by atoms with Gasteiger partial charge in [-0.25, -0.2) is 4.79 Å². The van der Waals surface area contributed by atoms with Crippen LogP contribution in [0.2, 0.25) is 0 Å². The second kappa shape index (κ2) is 15.7. The summed E-state index contributed by atoms with van der Waals surface area (Å²) in [6.07, 6.45) is 7.95. The van der Waals surface area contributed by atoms with E-state index in [4.69, 9.17) is 0 Å². The molecule has 4 aliphatic rings. The highest BCUT2D eigenvalue weighted by Gasteiger charge is 2.70. The molecule has 0 spiro atoms. The molecular weight excluding hydrogens is 713 g/mol. The number of Topliss-reactive ketones (excluding diaryl/α,β-unsaturated/α-hetero) is 1. The van der Waals surface area contributed by atoms with E-state index < -0.39 is 74.9 Å². The summed E-state index contributed by atoms with van der Waals surface area (Å²) in [6.45, 7) is 22.1. The molecule has 3 aliphatic carbocycles. The maximum Gasteiger partial charge on any atom is 0.315 e. The first-order valence-corrected chi connectivity index (χ1v) is 20.6. The Kier molecular flexibility index (Phi) is 12.1. The van der Waals surface area contributed by atoms with Crippen molar-refractivity contribution in [2.75, 3.05) is 31.6 Å². The maximum absolute atomic E-state index is 15.0. The lowest BCUT2D eigenvalue weighted by Crippen LogP contribution is -2.64. The van der Waals surface area contributed by atoms with Crippen LogP contribution in [-0.2, 0) is 24.6 Å². The summed E-state index contributed by atoms with van der Waals surface area (Å²) < 4.78 is 0. The van der Waals surface area contributed by atoms with Gasteiger partial charge in [-0.2, -0.15) is 0 Å². The van der Waals surface area contributed by atoms with E-state index >= 15 is 0 Å². The fourth-order valence-electron chi connectivity index (χ4n) is 9.42. The summed E-state index contributed by atoms with van der Waals surface area (Å²) in [7, 11) is 1.75. The Morgan fingerprint density at radius 1 is 0.929 bits per heavy atom. The Labute approximate surface area is 332 Å². The molecule has 1 heterocycles. The predicted octanol–water partition coefficient (Wildman–Crippen LogP) is 3.71. The minimum atomic E-state index is -1.01. The first-order valence-electron chi connectivity index (χ1n) is 20.6. The van der Waals surface area contributed by atoms with E-state index in [1.54, 1.807) is 16.8 Å². The van der Waals surface area contributed by atoms with Crippen molar-refractivity contribution in [3.8, 4) is 0 Å². The summed E-state index contributed by atoms with van der Waals surface area (Å²) in [5, 5.41) is 11.6. The van der Waals surface area contributed by atoms with Crippen molar-refractivity contribution < 1.29 is 24.0 Å². The molecule has 5 rings (SSSR count). The lowest BCUT2D eigenvalue weighted by Gasteiger charge is -2.43. The van der Waals surface area contributed by atoms with Crippen molar-refractivity contribution in [1.82, 2.24) is 26.2 Å². The summed E-state index contributed by atoms with van der Waals surface area (Å²) >= 11 is 0. The van der Waals surface area contributed by atoms with Gasteiger partial charge in [0.1, 0.15) is 12.1 Å². The zero-order valence-corrected chi connectivity index (χ0v) is 35.4. The van der Waals surface area contributed by atoms with E-state index in [0.29, 0.717) is 24.2 Å². The quantitative estimate of drug-likeness (QED) is 0.154. The van der Waals surface area contributed by atoms with Crippen LogP contribution in [0, 0.1) is 34.0 Å². The molecule has 6 atom stereocenters. The largest absolute Gasteiger partial charge is 0.369 e. The van der Waals surface area contributed by atoms with Gasteiger partial charge in [0.05, 0.1) is 17.8 Å². The zero-order valence-electron chi connectivity index (χ0n) is 35.4. The Morgan fingerprint density at radius 2 is 1.55 bits per heavy atom. The van der Waals surface area contributed by atoms with Gasteiger partial charge in [-0.15, -0.1) is 6.58 Å². The van der Waals surface area contributed by atoms with Gasteiger partial charge in [-0.05, 0) is 58.7 Å². The number of hydrogen-bond donors (Lipinski definition) is 4. The Hall–Kier alpha value is -4.03. The van der Waals surface area contributed by atoms with Crippen molar-refractivity contribution in [1.29, 1.82) is 0 Å². The van der Waals surface area contributed by atoms with Crippen molar-refractivity contribution in [2.45, 2.75) is 143 Å². The van der Waals surface area contributed by atoms with Crippen LogP contribution >= 0.6 is 0 Å². The van der Waals surface area contributed by atoms with E-state index in [1.165, 1.54) is 6.08 Å². The Bertz CT molecular complexity index is 1790. The lowest BCUT2D eigenvalue weighted by molar-refractivity contribution is -0.146. The molecule has 0 radical (unpaired) electrons. The number of rotatable bonds is 15. The van der Waals surface area contributed by atoms with E-state index in [9.17, 15) is 33.6 Å². The molecule has 4 N–H and O–H groups in total. The van der Waals surface area contributed by atoms with Gasteiger partial charge in [-0.1, -0.05) is 100 Å². The first-order chi connectivity index (χ1) is 25.9. The molecule has 3 saturated carbocycles. The van der Waals surface area contributed by atoms with Gasteiger partial charge in [0.15, 0.2) is 0 Å². The highest BCUT2D eigenvalue weighted by Crippen LogP contribution is 2.65. The van der Waals surface area contributed by atoms with Crippen molar-refractivity contribution in [3.05, 3.63) is 38.7 Å². The number of likely N-dealkylation sites (N-methyl/N-ethyl adjacent to an activating group) is 1. The summed E-state index contributed by atoms with van der Waals surface area (Å²) in [4.78, 5) is 98.2. The molecule has 0 bridgehead atoms. The average molecular weight is 779 g/mol. The first kappa shape index (κ1) is 43.1. The fourth-order valence-corrected chi connectivity index (χ4v) is 9.42. The number of likely N-dealkylation sites (tertiary alicyclic amines) is 1. The molecular formula is C43H66N6O7. The van der Waals surface area contributed by atoms with Crippen LogP contribution in [0.1, 0.15) is 119 Å².